The number of hydrogen-bond acceptors (Lipinski definition) is 5. The van der Waals surface area contributed by atoms with Gasteiger partial charge in [0.1, 0.15) is 17.7 Å². The molecule has 6 rings (SSSR count). The van der Waals surface area contributed by atoms with Crippen molar-refractivity contribution in [2.45, 2.75) is 76.4 Å². The molecule has 2 aliphatic rings. The summed E-state index contributed by atoms with van der Waals surface area (Å²) in [6.07, 6.45) is 13.4. The van der Waals surface area contributed by atoms with Crippen LogP contribution in [0.15, 0.2) is 73.1 Å². The lowest BCUT2D eigenvalue weighted by molar-refractivity contribution is -0.123. The fourth-order valence-electron chi connectivity index (χ4n) is 6.49. The number of carbonyl (C=O) groups is 1. The number of hydrogen-bond donors (Lipinski definition) is 3. The Labute approximate surface area is 264 Å². The molecule has 1 amide bonds. The van der Waals surface area contributed by atoms with Crippen LogP contribution in [0, 0.1) is 12.5 Å². The van der Waals surface area contributed by atoms with Crippen LogP contribution in [-0.4, -0.2) is 26.5 Å². The van der Waals surface area contributed by atoms with Crippen LogP contribution in [0.1, 0.15) is 74.1 Å². The summed E-state index contributed by atoms with van der Waals surface area (Å²) in [5.74, 6) is 2.23. The molecule has 9 heteroatoms. The number of benzene rings is 2. The van der Waals surface area contributed by atoms with Crippen LogP contribution in [0.25, 0.3) is 10.7 Å². The average molecular weight is 608 g/mol. The predicted molar refractivity (Wildman–Crippen MR) is 175 cm³/mol. The first kappa shape index (κ1) is 29.7. The molecule has 3 N–H and O–H groups in total. The van der Waals surface area contributed by atoms with E-state index in [2.05, 4.69) is 20.8 Å². The van der Waals surface area contributed by atoms with Crippen molar-refractivity contribution in [1.29, 1.82) is 0 Å². The van der Waals surface area contributed by atoms with E-state index in [-0.39, 0.29) is 11.9 Å². The van der Waals surface area contributed by atoms with Crippen LogP contribution in [0.5, 0.6) is 0 Å². The van der Waals surface area contributed by atoms with Gasteiger partial charge in [-0.3, -0.25) is 4.79 Å². The highest BCUT2D eigenvalue weighted by molar-refractivity contribution is 6.30. The molecule has 2 aliphatic carbocycles. The molecular formula is C35H38ClN7O. The molecule has 2 aromatic heterocycles. The van der Waals surface area contributed by atoms with E-state index >= 15 is 0 Å². The van der Waals surface area contributed by atoms with Crippen molar-refractivity contribution in [2.75, 3.05) is 10.6 Å². The van der Waals surface area contributed by atoms with Gasteiger partial charge in [0.25, 0.3) is 0 Å². The standard InChI is InChI=1S/C35H38ClN7O/c1-37-28-15-16-29-26(21-28)12-8-14-30(29)40-34(44)31(20-24-9-3-2-4-10-24)39-32-22-33(43-17-5-6-18-43)42-35(41-32)38-23-25-11-7-13-27(36)19-25/h5-7,11,13,15-19,21-22,24,30-31H,2-4,8-10,12,14,20,23H2,(H,40,44)(H2,38,39,41,42). The summed E-state index contributed by atoms with van der Waals surface area (Å²) in [5, 5.41) is 10.9. The highest BCUT2D eigenvalue weighted by atomic mass is 35.5. The molecule has 0 radical (unpaired) electrons. The van der Waals surface area contributed by atoms with Crippen LogP contribution >= 0.6 is 11.6 Å². The molecule has 2 unspecified atom stereocenters. The van der Waals surface area contributed by atoms with Crippen molar-refractivity contribution < 1.29 is 4.79 Å². The van der Waals surface area contributed by atoms with Crippen LogP contribution in [-0.2, 0) is 17.8 Å². The highest BCUT2D eigenvalue weighted by Crippen LogP contribution is 2.33. The first-order valence-corrected chi connectivity index (χ1v) is 16.0. The van der Waals surface area contributed by atoms with Gasteiger partial charge in [0.15, 0.2) is 5.69 Å². The maximum Gasteiger partial charge on any atom is 0.243 e. The molecule has 0 saturated heterocycles. The second kappa shape index (κ2) is 14.0. The average Bonchev–Trinajstić information content (AvgIpc) is 3.59. The van der Waals surface area contributed by atoms with Crippen molar-refractivity contribution in [3.8, 4) is 5.82 Å². The number of anilines is 2. The second-order valence-corrected chi connectivity index (χ2v) is 12.3. The minimum absolute atomic E-state index is 0.0164. The van der Waals surface area contributed by atoms with E-state index in [9.17, 15) is 4.79 Å². The third-order valence-electron chi connectivity index (χ3n) is 8.74. The van der Waals surface area contributed by atoms with Crippen molar-refractivity contribution in [3.63, 3.8) is 0 Å². The molecule has 8 nitrogen and oxygen atoms in total. The third-order valence-corrected chi connectivity index (χ3v) is 8.98. The number of amides is 1. The summed E-state index contributed by atoms with van der Waals surface area (Å²) in [6.45, 7) is 7.90. The quantitative estimate of drug-likeness (QED) is 0.159. The Hall–Kier alpha value is -4.35. The van der Waals surface area contributed by atoms with Gasteiger partial charge in [0.05, 0.1) is 12.6 Å². The van der Waals surface area contributed by atoms with E-state index < -0.39 is 6.04 Å². The predicted octanol–water partition coefficient (Wildman–Crippen LogP) is 8.03. The van der Waals surface area contributed by atoms with Crippen LogP contribution < -0.4 is 16.0 Å². The summed E-state index contributed by atoms with van der Waals surface area (Å²) < 4.78 is 1.93. The molecule has 44 heavy (non-hydrogen) atoms. The Morgan fingerprint density at radius 3 is 2.64 bits per heavy atom. The summed E-state index contributed by atoms with van der Waals surface area (Å²) in [5.41, 5.74) is 3.95. The largest absolute Gasteiger partial charge is 0.358 e. The van der Waals surface area contributed by atoms with Crippen LogP contribution in [0.3, 0.4) is 0 Å². The lowest BCUT2D eigenvalue weighted by Crippen LogP contribution is -2.43. The molecule has 2 aromatic carbocycles. The second-order valence-electron chi connectivity index (χ2n) is 11.9. The van der Waals surface area contributed by atoms with Crippen LogP contribution in [0.2, 0.25) is 5.02 Å². The molecule has 1 fully saturated rings. The molecule has 226 valence electrons. The number of fused-ring (bicyclic) bond motifs is 1. The van der Waals surface area contributed by atoms with Crippen molar-refractivity contribution in [1.82, 2.24) is 19.9 Å². The number of aromatic nitrogens is 3. The number of halogens is 1. The Morgan fingerprint density at radius 2 is 1.84 bits per heavy atom. The zero-order valence-corrected chi connectivity index (χ0v) is 25.6. The maximum absolute atomic E-state index is 14.1. The van der Waals surface area contributed by atoms with Gasteiger partial charge in [-0.05, 0) is 67.0 Å². The molecule has 2 atom stereocenters. The fourth-order valence-corrected chi connectivity index (χ4v) is 6.71. The molecule has 4 aromatic rings. The fraction of sp³-hybridized carbons (Fsp3) is 0.371. The first-order valence-electron chi connectivity index (χ1n) is 15.6. The van der Waals surface area contributed by atoms with Gasteiger partial charge in [-0.2, -0.15) is 9.97 Å². The van der Waals surface area contributed by atoms with Gasteiger partial charge in [0, 0.05) is 30.0 Å². The molecule has 1 saturated carbocycles. The van der Waals surface area contributed by atoms with Crippen molar-refractivity contribution >= 4 is 35.0 Å². The van der Waals surface area contributed by atoms with E-state index in [0.717, 1.165) is 55.2 Å². The minimum Gasteiger partial charge on any atom is -0.358 e. The van der Waals surface area contributed by atoms with E-state index in [1.54, 1.807) is 0 Å². The lowest BCUT2D eigenvalue weighted by Gasteiger charge is -2.31. The lowest BCUT2D eigenvalue weighted by atomic mass is 9.84. The van der Waals surface area contributed by atoms with Gasteiger partial charge in [0.2, 0.25) is 11.9 Å². The summed E-state index contributed by atoms with van der Waals surface area (Å²) in [7, 11) is 0. The SMILES string of the molecule is [C-]#[N+]c1ccc2c(c1)CCCC2NC(=O)C(CC1CCCCC1)Nc1cc(-n2cccc2)nc(NCc2cccc(Cl)c2)n1. The van der Waals surface area contributed by atoms with Crippen molar-refractivity contribution in [3.05, 3.63) is 106 Å². The first-order chi connectivity index (χ1) is 21.5. The Balaban J connectivity index is 1.25. The number of nitrogens with zero attached hydrogens (tertiary/aromatic N) is 4. The van der Waals surface area contributed by atoms with Gasteiger partial charge in [-0.1, -0.05) is 79.6 Å². The topological polar surface area (TPSA) is 88.2 Å². The molecule has 2 heterocycles. The van der Waals surface area contributed by atoms with Gasteiger partial charge >= 0.3 is 0 Å². The normalized spacial score (nSPS) is 17.2. The Morgan fingerprint density at radius 1 is 1.00 bits per heavy atom. The summed E-state index contributed by atoms with van der Waals surface area (Å²) in [6, 6.07) is 18.8. The maximum atomic E-state index is 14.1. The molecule has 0 bridgehead atoms. The van der Waals surface area contributed by atoms with Gasteiger partial charge in [-0.25, -0.2) is 4.85 Å². The zero-order valence-electron chi connectivity index (χ0n) is 24.8. The van der Waals surface area contributed by atoms with E-state index in [1.807, 2.05) is 77.6 Å². The van der Waals surface area contributed by atoms with Gasteiger partial charge in [-0.15, -0.1) is 0 Å². The van der Waals surface area contributed by atoms with Crippen molar-refractivity contribution in [2.24, 2.45) is 5.92 Å². The number of rotatable bonds is 10. The summed E-state index contributed by atoms with van der Waals surface area (Å²) >= 11 is 6.20. The van der Waals surface area contributed by atoms with E-state index in [4.69, 9.17) is 28.1 Å². The molecule has 0 spiro atoms. The third kappa shape index (κ3) is 7.40. The monoisotopic (exact) mass is 607 g/mol. The Kier molecular flexibility index (Phi) is 9.43. The number of carbonyl (C=O) groups excluding carboxylic acids is 1. The van der Waals surface area contributed by atoms with E-state index in [0.29, 0.717) is 40.8 Å². The highest BCUT2D eigenvalue weighted by Gasteiger charge is 2.29. The number of aryl methyl sites for hydroxylation is 1. The van der Waals surface area contributed by atoms with E-state index in [1.165, 1.54) is 19.3 Å². The summed E-state index contributed by atoms with van der Waals surface area (Å²) in [4.78, 5) is 27.2. The minimum atomic E-state index is -0.445. The molecule has 0 aliphatic heterocycles. The smallest absolute Gasteiger partial charge is 0.243 e. The number of nitrogens with one attached hydrogen (secondary N) is 3. The van der Waals surface area contributed by atoms with Crippen LogP contribution in [0.4, 0.5) is 17.5 Å². The van der Waals surface area contributed by atoms with Gasteiger partial charge < -0.3 is 20.5 Å². The molecular weight excluding hydrogens is 570 g/mol. The zero-order chi connectivity index (χ0) is 30.3. The Bertz CT molecular complexity index is 1620.